The van der Waals surface area contributed by atoms with E-state index in [4.69, 9.17) is 9.47 Å². The summed E-state index contributed by atoms with van der Waals surface area (Å²) in [5, 5.41) is 0. The minimum absolute atomic E-state index is 0.0301. The van der Waals surface area contributed by atoms with Gasteiger partial charge < -0.3 is 14.4 Å². The largest absolute Gasteiger partial charge is 0.480 e. The number of carbonyl (C=O) groups is 3. The van der Waals surface area contributed by atoms with Crippen LogP contribution in [0.1, 0.15) is 42.3 Å². The Labute approximate surface area is 234 Å². The van der Waals surface area contributed by atoms with E-state index in [-0.39, 0.29) is 23.4 Å². The van der Waals surface area contributed by atoms with E-state index in [9.17, 15) is 14.4 Å². The third-order valence-electron chi connectivity index (χ3n) is 7.31. The maximum Gasteiger partial charge on any atom is 0.415 e. The Kier molecular flexibility index (Phi) is 8.80. The number of rotatable bonds is 9. The van der Waals surface area contributed by atoms with Crippen LogP contribution in [0.3, 0.4) is 0 Å². The van der Waals surface area contributed by atoms with Gasteiger partial charge in [-0.3, -0.25) is 9.59 Å². The molecule has 0 aliphatic carbocycles. The first-order chi connectivity index (χ1) is 18.6. The summed E-state index contributed by atoms with van der Waals surface area (Å²) < 4.78 is 11.6. The normalized spacial score (nSPS) is 17.1. The number of hydrogen-bond acceptors (Lipinski definition) is 6. The minimum atomic E-state index is -0.916. The molecule has 0 saturated carbocycles. The van der Waals surface area contributed by atoms with Crippen molar-refractivity contribution >= 4 is 29.4 Å². The van der Waals surface area contributed by atoms with Gasteiger partial charge in [-0.25, -0.2) is 4.79 Å². The minimum Gasteiger partial charge on any atom is -0.480 e. The Hall–Kier alpha value is -3.58. The molecule has 1 saturated heterocycles. The van der Waals surface area contributed by atoms with E-state index < -0.39 is 11.7 Å². The molecule has 0 spiro atoms. The van der Waals surface area contributed by atoms with Crippen LogP contribution in [0, 0.1) is 18.8 Å². The van der Waals surface area contributed by atoms with E-state index in [1.165, 1.54) is 6.92 Å². The lowest BCUT2D eigenvalue weighted by Crippen LogP contribution is -2.36. The molecule has 39 heavy (non-hydrogen) atoms. The summed E-state index contributed by atoms with van der Waals surface area (Å²) in [5.41, 5.74) is 1.68. The molecular formula is C32H35NO5S. The average molecular weight is 546 g/mol. The molecule has 3 aromatic carbocycles. The van der Waals surface area contributed by atoms with Gasteiger partial charge in [0.2, 0.25) is 0 Å². The van der Waals surface area contributed by atoms with Gasteiger partial charge in [0, 0.05) is 29.5 Å². The fourth-order valence-electron chi connectivity index (χ4n) is 4.75. The van der Waals surface area contributed by atoms with Crippen LogP contribution in [0.25, 0.3) is 0 Å². The summed E-state index contributed by atoms with van der Waals surface area (Å²) in [7, 11) is 0. The summed E-state index contributed by atoms with van der Waals surface area (Å²) in [6.07, 6.45) is 2.16. The monoisotopic (exact) mass is 545 g/mol. The molecule has 4 rings (SSSR count). The van der Waals surface area contributed by atoms with Crippen molar-refractivity contribution in [3.8, 4) is 11.5 Å². The number of Topliss-reactive ketones (excluding diaryl/α,β-unsaturated/α-hetero) is 2. The van der Waals surface area contributed by atoms with Crippen LogP contribution >= 0.6 is 11.8 Å². The summed E-state index contributed by atoms with van der Waals surface area (Å²) in [6.45, 7) is 7.69. The van der Waals surface area contributed by atoms with Crippen LogP contribution in [-0.2, 0) is 11.2 Å². The fraction of sp³-hybridized carbons (Fsp3) is 0.344. The highest BCUT2D eigenvalue weighted by Gasteiger charge is 2.40. The van der Waals surface area contributed by atoms with Gasteiger partial charge in [0.1, 0.15) is 11.5 Å². The predicted molar refractivity (Wildman–Crippen MR) is 154 cm³/mol. The van der Waals surface area contributed by atoms with Crippen LogP contribution in [0.5, 0.6) is 11.5 Å². The lowest BCUT2D eigenvalue weighted by molar-refractivity contribution is -0.129. The summed E-state index contributed by atoms with van der Waals surface area (Å²) >= 11 is 1.63. The highest BCUT2D eigenvalue weighted by atomic mass is 32.2. The topological polar surface area (TPSA) is 72.9 Å². The Bertz CT molecular complexity index is 1340. The van der Waals surface area contributed by atoms with Crippen molar-refractivity contribution in [1.82, 2.24) is 4.90 Å². The molecular weight excluding hydrogens is 510 g/mol. The Morgan fingerprint density at radius 3 is 2.28 bits per heavy atom. The van der Waals surface area contributed by atoms with Crippen LogP contribution in [0.4, 0.5) is 4.79 Å². The smallest absolute Gasteiger partial charge is 0.415 e. The first kappa shape index (κ1) is 28.4. The average Bonchev–Trinajstić information content (AvgIpc) is 3.34. The second-order valence-corrected chi connectivity index (χ2v) is 11.4. The maximum absolute atomic E-state index is 13.7. The number of aryl methyl sites for hydroxylation is 1. The van der Waals surface area contributed by atoms with Crippen LogP contribution in [0.15, 0.2) is 77.7 Å². The third kappa shape index (κ3) is 6.90. The molecule has 0 N–H and O–H groups in total. The summed E-state index contributed by atoms with van der Waals surface area (Å²) in [5.74, 6) is 0.664. The molecule has 1 aliphatic heterocycles. The van der Waals surface area contributed by atoms with Crippen molar-refractivity contribution in [2.75, 3.05) is 19.3 Å². The summed E-state index contributed by atoms with van der Waals surface area (Å²) in [4.78, 5) is 41.4. The van der Waals surface area contributed by atoms with Gasteiger partial charge in [-0.1, -0.05) is 42.5 Å². The van der Waals surface area contributed by atoms with E-state index in [2.05, 4.69) is 0 Å². The second kappa shape index (κ2) is 12.1. The number of nitrogens with zero attached hydrogens (tertiary/aromatic N) is 1. The van der Waals surface area contributed by atoms with Crippen LogP contribution < -0.4 is 9.47 Å². The SMILES string of the molecule is CSc1ccc(C(=O)C2CN(C(=O)Oc3ccccc3)CC2Cc2ccc(OC(C)(C)C(C)=O)c(C)c2)cc1. The maximum atomic E-state index is 13.7. The van der Waals surface area contributed by atoms with Gasteiger partial charge in [-0.15, -0.1) is 11.8 Å². The Balaban J connectivity index is 1.55. The van der Waals surface area contributed by atoms with E-state index in [0.717, 1.165) is 16.0 Å². The quantitative estimate of drug-likeness (QED) is 0.222. The van der Waals surface area contributed by atoms with E-state index in [0.29, 0.717) is 36.6 Å². The molecule has 1 heterocycles. The number of ether oxygens (including phenoxy) is 2. The molecule has 1 fully saturated rings. The molecule has 7 heteroatoms. The van der Waals surface area contributed by atoms with Gasteiger partial charge in [0.05, 0.1) is 0 Å². The fourth-order valence-corrected chi connectivity index (χ4v) is 5.16. The van der Waals surface area contributed by atoms with Crippen LogP contribution in [-0.4, -0.2) is 47.5 Å². The molecule has 6 nitrogen and oxygen atoms in total. The second-order valence-electron chi connectivity index (χ2n) is 10.5. The Morgan fingerprint density at radius 2 is 1.67 bits per heavy atom. The Morgan fingerprint density at radius 1 is 0.974 bits per heavy atom. The number of ketones is 2. The first-order valence-corrected chi connectivity index (χ1v) is 14.3. The zero-order chi connectivity index (χ0) is 28.2. The predicted octanol–water partition coefficient (Wildman–Crippen LogP) is 6.64. The highest BCUT2D eigenvalue weighted by molar-refractivity contribution is 7.98. The van der Waals surface area contributed by atoms with Crippen molar-refractivity contribution < 1.29 is 23.9 Å². The molecule has 204 valence electrons. The zero-order valence-corrected chi connectivity index (χ0v) is 23.9. The van der Waals surface area contributed by atoms with E-state index in [1.54, 1.807) is 42.6 Å². The van der Waals surface area contributed by atoms with Gasteiger partial charge in [-0.05, 0) is 87.7 Å². The first-order valence-electron chi connectivity index (χ1n) is 13.1. The molecule has 3 aromatic rings. The van der Waals surface area contributed by atoms with Crippen molar-refractivity contribution in [2.45, 2.75) is 44.6 Å². The third-order valence-corrected chi connectivity index (χ3v) is 8.05. The van der Waals surface area contributed by atoms with Gasteiger partial charge >= 0.3 is 6.09 Å². The number of amides is 1. The van der Waals surface area contributed by atoms with Gasteiger partial charge in [-0.2, -0.15) is 0 Å². The van der Waals surface area contributed by atoms with Gasteiger partial charge in [0.15, 0.2) is 17.2 Å². The van der Waals surface area contributed by atoms with Crippen LogP contribution in [0.2, 0.25) is 0 Å². The van der Waals surface area contributed by atoms with Crippen molar-refractivity contribution in [3.05, 3.63) is 89.5 Å². The van der Waals surface area contributed by atoms with E-state index in [1.807, 2.05) is 73.8 Å². The van der Waals surface area contributed by atoms with Crippen molar-refractivity contribution in [1.29, 1.82) is 0 Å². The number of para-hydroxylation sites is 1. The number of carbonyl (C=O) groups excluding carboxylic acids is 3. The lowest BCUT2D eigenvalue weighted by atomic mass is 9.84. The molecule has 0 bridgehead atoms. The number of likely N-dealkylation sites (tertiary alicyclic amines) is 1. The molecule has 1 amide bonds. The van der Waals surface area contributed by atoms with Gasteiger partial charge in [0.25, 0.3) is 0 Å². The number of benzene rings is 3. The number of hydrogen-bond donors (Lipinski definition) is 0. The van der Waals surface area contributed by atoms with Crippen molar-refractivity contribution in [2.24, 2.45) is 11.8 Å². The molecule has 0 aromatic heterocycles. The summed E-state index contributed by atoms with van der Waals surface area (Å²) in [6, 6.07) is 22.5. The molecule has 2 atom stereocenters. The number of thioether (sulfide) groups is 1. The standard InChI is InChI=1S/C32H35NO5S/c1-21-17-23(11-16-29(21)38-32(3,4)22(2)34)18-25-19-33(31(36)37-26-9-7-6-8-10-26)20-28(25)30(35)24-12-14-27(39-5)15-13-24/h6-17,25,28H,18-20H2,1-5H3. The highest BCUT2D eigenvalue weighted by Crippen LogP contribution is 2.33. The molecule has 2 unspecified atom stereocenters. The lowest BCUT2D eigenvalue weighted by Gasteiger charge is -2.25. The zero-order valence-electron chi connectivity index (χ0n) is 23.1. The van der Waals surface area contributed by atoms with E-state index >= 15 is 0 Å². The molecule has 1 aliphatic rings. The molecule has 0 radical (unpaired) electrons. The van der Waals surface area contributed by atoms with Crippen molar-refractivity contribution in [3.63, 3.8) is 0 Å².